The molecular weight excluding hydrogens is 761 g/mol. The molecule has 310 valence electrons. The van der Waals surface area contributed by atoms with Gasteiger partial charge < -0.3 is 14.4 Å². The highest BCUT2D eigenvalue weighted by atomic mass is 15.2. The predicted octanol–water partition coefficient (Wildman–Crippen LogP) is 13.6. The molecule has 7 aromatic carbocycles. The zero-order chi connectivity index (χ0) is 43.5. The van der Waals surface area contributed by atoms with Crippen LogP contribution in [0.15, 0.2) is 133 Å². The van der Waals surface area contributed by atoms with Gasteiger partial charge in [-0.05, 0) is 155 Å². The van der Waals surface area contributed by atoms with Crippen LogP contribution in [0.2, 0.25) is 0 Å². The van der Waals surface area contributed by atoms with Crippen molar-refractivity contribution in [2.75, 3.05) is 9.80 Å². The van der Waals surface area contributed by atoms with Crippen LogP contribution in [-0.2, 0) is 16.2 Å². The average Bonchev–Trinajstić information content (AvgIpc) is 3.73. The fourth-order valence-electron chi connectivity index (χ4n) is 12.5. The van der Waals surface area contributed by atoms with Crippen molar-refractivity contribution in [2.45, 2.75) is 98.3 Å². The second-order valence-corrected chi connectivity index (χ2v) is 21.1. The Bertz CT molecular complexity index is 3240. The standard InChI is InChI=1S/C59H56BN3/c1-35-30-51-54-52(31-35)63-55-41(53-56(63)40-20-13-14-22-42(40)59(53,9)10)21-17-23-46(55)60(54)45-27-26-39(61(47-24-15-11-18-36(47)2)48-25-16-12-19-37(48)3)33-50(45)62(51)49-34-44-43(32-38(49)4)57(5,6)28-29-58(44,7)8/h11-27,30-34H,28-29H2,1-10H3. The fourth-order valence-corrected chi connectivity index (χ4v) is 12.5. The normalized spacial score (nSPS) is 16.6. The van der Waals surface area contributed by atoms with Crippen LogP contribution >= 0.6 is 0 Å². The summed E-state index contributed by atoms with van der Waals surface area (Å²) in [5.41, 5.74) is 27.8. The Morgan fingerprint density at radius 3 is 1.86 bits per heavy atom. The van der Waals surface area contributed by atoms with Crippen LogP contribution in [0.5, 0.6) is 0 Å². The maximum Gasteiger partial charge on any atom is 0.252 e. The van der Waals surface area contributed by atoms with Gasteiger partial charge in [0.1, 0.15) is 0 Å². The number of aryl methyl sites for hydroxylation is 4. The molecular formula is C59H56BN3. The first-order valence-corrected chi connectivity index (χ1v) is 23.1. The SMILES string of the molecule is Cc1cc2c3c(c1)-n1c4c(c5cccc(c51)B3c1ccc(N(c3ccccc3C)c3ccccc3C)cc1N2c1cc2c(cc1C)C(C)(C)CCC2(C)C)C(C)(C)c1ccccc1-4. The number of anilines is 6. The molecule has 4 heteroatoms. The largest absolute Gasteiger partial charge is 0.311 e. The minimum atomic E-state index is -0.130. The molecule has 0 bridgehead atoms. The van der Waals surface area contributed by atoms with Crippen LogP contribution in [-0.4, -0.2) is 11.3 Å². The van der Waals surface area contributed by atoms with Crippen molar-refractivity contribution in [3.05, 3.63) is 178 Å². The molecule has 2 aliphatic carbocycles. The number of nitrogens with zero attached hydrogens (tertiary/aromatic N) is 3. The van der Waals surface area contributed by atoms with E-state index in [1.54, 1.807) is 0 Å². The van der Waals surface area contributed by atoms with Crippen molar-refractivity contribution < 1.29 is 0 Å². The summed E-state index contributed by atoms with van der Waals surface area (Å²) in [5, 5.41) is 1.37. The number of rotatable bonds is 4. The molecule has 0 N–H and O–H groups in total. The molecule has 0 unspecified atom stereocenters. The van der Waals surface area contributed by atoms with E-state index in [-0.39, 0.29) is 23.0 Å². The molecule has 2 aliphatic heterocycles. The smallest absolute Gasteiger partial charge is 0.252 e. The van der Waals surface area contributed by atoms with E-state index < -0.39 is 0 Å². The Balaban J connectivity index is 1.20. The fraction of sp³-hybridized carbons (Fsp3) is 0.254. The van der Waals surface area contributed by atoms with E-state index in [2.05, 4.69) is 217 Å². The lowest BCUT2D eigenvalue weighted by molar-refractivity contribution is 0.332. The van der Waals surface area contributed by atoms with Crippen LogP contribution in [0.3, 0.4) is 0 Å². The summed E-state index contributed by atoms with van der Waals surface area (Å²) < 4.78 is 2.68. The minimum absolute atomic E-state index is 0.0548. The van der Waals surface area contributed by atoms with Crippen molar-refractivity contribution in [1.82, 2.24) is 4.57 Å². The van der Waals surface area contributed by atoms with Gasteiger partial charge in [0.15, 0.2) is 0 Å². The maximum absolute atomic E-state index is 2.68. The van der Waals surface area contributed by atoms with Gasteiger partial charge in [0.05, 0.1) is 5.69 Å². The maximum atomic E-state index is 2.68. The number of benzene rings is 7. The molecule has 0 spiro atoms. The number of para-hydroxylation sites is 3. The van der Waals surface area contributed by atoms with E-state index in [9.17, 15) is 0 Å². The lowest BCUT2D eigenvalue weighted by Crippen LogP contribution is -2.60. The van der Waals surface area contributed by atoms with Crippen LogP contribution in [0.25, 0.3) is 27.8 Å². The van der Waals surface area contributed by atoms with Crippen LogP contribution in [0.4, 0.5) is 34.1 Å². The topological polar surface area (TPSA) is 11.4 Å². The highest BCUT2D eigenvalue weighted by molar-refractivity contribution is 7.00. The summed E-state index contributed by atoms with van der Waals surface area (Å²) in [6.45, 7) is 23.9. The molecule has 8 aromatic rings. The third-order valence-corrected chi connectivity index (χ3v) is 15.8. The lowest BCUT2D eigenvalue weighted by atomic mass is 9.33. The molecule has 0 atom stereocenters. The highest BCUT2D eigenvalue weighted by Gasteiger charge is 2.48. The minimum Gasteiger partial charge on any atom is -0.311 e. The third kappa shape index (κ3) is 5.15. The summed E-state index contributed by atoms with van der Waals surface area (Å²) >= 11 is 0. The summed E-state index contributed by atoms with van der Waals surface area (Å²) in [6, 6.07) is 51.5. The molecule has 0 saturated carbocycles. The van der Waals surface area contributed by atoms with E-state index >= 15 is 0 Å². The number of fused-ring (bicyclic) bond motifs is 10. The monoisotopic (exact) mass is 817 g/mol. The van der Waals surface area contributed by atoms with Gasteiger partial charge in [-0.25, -0.2) is 0 Å². The van der Waals surface area contributed by atoms with Gasteiger partial charge >= 0.3 is 0 Å². The molecule has 0 amide bonds. The first-order valence-electron chi connectivity index (χ1n) is 23.1. The summed E-state index contributed by atoms with van der Waals surface area (Å²) in [6.07, 6.45) is 2.36. The molecule has 12 rings (SSSR count). The Morgan fingerprint density at radius 1 is 0.524 bits per heavy atom. The average molecular weight is 818 g/mol. The van der Waals surface area contributed by atoms with Gasteiger partial charge in [-0.2, -0.15) is 0 Å². The molecule has 1 aromatic heterocycles. The predicted molar refractivity (Wildman–Crippen MR) is 269 cm³/mol. The first kappa shape index (κ1) is 38.4. The molecule has 63 heavy (non-hydrogen) atoms. The van der Waals surface area contributed by atoms with E-state index in [0.29, 0.717) is 0 Å². The zero-order valence-corrected chi connectivity index (χ0v) is 38.5. The molecule has 3 heterocycles. The van der Waals surface area contributed by atoms with Crippen molar-refractivity contribution in [3.63, 3.8) is 0 Å². The molecule has 0 radical (unpaired) electrons. The van der Waals surface area contributed by atoms with E-state index in [1.165, 1.54) is 130 Å². The zero-order valence-electron chi connectivity index (χ0n) is 38.5. The lowest BCUT2D eigenvalue weighted by Gasteiger charge is -2.45. The van der Waals surface area contributed by atoms with Gasteiger partial charge in [-0.15, -0.1) is 0 Å². The van der Waals surface area contributed by atoms with E-state index in [4.69, 9.17) is 0 Å². The van der Waals surface area contributed by atoms with Gasteiger partial charge in [0.2, 0.25) is 0 Å². The van der Waals surface area contributed by atoms with Crippen molar-refractivity contribution in [1.29, 1.82) is 0 Å². The van der Waals surface area contributed by atoms with Crippen molar-refractivity contribution in [3.8, 4) is 16.9 Å². The van der Waals surface area contributed by atoms with E-state index in [0.717, 1.165) is 5.69 Å². The van der Waals surface area contributed by atoms with Gasteiger partial charge in [0, 0.05) is 61.7 Å². The number of hydrogen-bond donors (Lipinski definition) is 0. The first-order chi connectivity index (χ1) is 30.2. The summed E-state index contributed by atoms with van der Waals surface area (Å²) in [4.78, 5) is 5.16. The Hall–Kier alpha value is -6.26. The Morgan fingerprint density at radius 2 is 1.16 bits per heavy atom. The second-order valence-electron chi connectivity index (χ2n) is 21.1. The van der Waals surface area contributed by atoms with Crippen LogP contribution in [0.1, 0.15) is 98.9 Å². The van der Waals surface area contributed by atoms with Crippen molar-refractivity contribution >= 4 is 68.1 Å². The Labute approximate surface area is 374 Å². The quantitative estimate of drug-likeness (QED) is 0.164. The second kappa shape index (κ2) is 12.9. The van der Waals surface area contributed by atoms with Gasteiger partial charge in [0.25, 0.3) is 6.71 Å². The van der Waals surface area contributed by atoms with Gasteiger partial charge in [-0.3, -0.25) is 0 Å². The third-order valence-electron chi connectivity index (χ3n) is 15.8. The van der Waals surface area contributed by atoms with Crippen molar-refractivity contribution in [2.24, 2.45) is 0 Å². The van der Waals surface area contributed by atoms with Crippen LogP contribution < -0.4 is 26.2 Å². The number of hydrogen-bond acceptors (Lipinski definition) is 2. The van der Waals surface area contributed by atoms with Gasteiger partial charge in [-0.1, -0.05) is 133 Å². The summed E-state index contributed by atoms with van der Waals surface area (Å²) in [7, 11) is 0. The molecule has 4 aliphatic rings. The Kier molecular flexibility index (Phi) is 7.88. The van der Waals surface area contributed by atoms with Crippen LogP contribution in [0, 0.1) is 27.7 Å². The van der Waals surface area contributed by atoms with E-state index in [1.807, 2.05) is 0 Å². The molecule has 3 nitrogen and oxygen atoms in total. The highest BCUT2D eigenvalue weighted by Crippen LogP contribution is 2.55. The number of aromatic nitrogens is 1. The molecule has 0 saturated heterocycles. The summed E-state index contributed by atoms with van der Waals surface area (Å²) in [5.74, 6) is 0. The molecule has 0 fully saturated rings.